The van der Waals surface area contributed by atoms with Crippen molar-refractivity contribution in [1.29, 1.82) is 0 Å². The van der Waals surface area contributed by atoms with Crippen LogP contribution in [0.15, 0.2) is 10.2 Å². The average molecular weight is 293 g/mol. The molecule has 0 atom stereocenters. The fraction of sp³-hybridized carbons (Fsp3) is 0.833. The molecule has 0 aromatic rings. The third-order valence-corrected chi connectivity index (χ3v) is 1.95. The third kappa shape index (κ3) is 10.4. The molecule has 0 spiro atoms. The zero-order valence-corrected chi connectivity index (χ0v) is 12.6. The van der Waals surface area contributed by atoms with Crippen LogP contribution in [0.5, 0.6) is 0 Å². The van der Waals surface area contributed by atoms with Crippen LogP contribution in [-0.4, -0.2) is 36.2 Å². The Labute approximate surface area is 118 Å². The molecule has 0 bridgehead atoms. The number of alkyl halides is 1. The maximum absolute atomic E-state index is 11.4. The van der Waals surface area contributed by atoms with Gasteiger partial charge in [0.1, 0.15) is 5.00 Å². The Morgan fingerprint density at radius 3 is 1.84 bits per heavy atom. The molecule has 0 radical (unpaired) electrons. The lowest BCUT2D eigenvalue weighted by molar-refractivity contribution is -0.145. The second-order valence-electron chi connectivity index (χ2n) is 4.30. The molecule has 0 amide bonds. The number of halogens is 1. The van der Waals surface area contributed by atoms with E-state index in [1.165, 1.54) is 0 Å². The Morgan fingerprint density at radius 2 is 1.53 bits per heavy atom. The Morgan fingerprint density at radius 1 is 1.11 bits per heavy atom. The molecule has 0 aliphatic carbocycles. The fourth-order valence-electron chi connectivity index (χ4n) is 1.20. The van der Waals surface area contributed by atoms with Crippen LogP contribution in [0.4, 0.5) is 0 Å². The monoisotopic (exact) mass is 292 g/mol. The van der Waals surface area contributed by atoms with E-state index >= 15 is 0 Å². The Balaban J connectivity index is 4.59. The summed E-state index contributed by atoms with van der Waals surface area (Å²) in [6.45, 7) is 7.29. The second-order valence-corrected chi connectivity index (χ2v) is 5.22. The van der Waals surface area contributed by atoms with E-state index in [9.17, 15) is 9.59 Å². The minimum atomic E-state index is -0.873. The fourth-order valence-corrected chi connectivity index (χ4v) is 1.24. The molecule has 0 rings (SSSR count). The first kappa shape index (κ1) is 17.8. The van der Waals surface area contributed by atoms with Gasteiger partial charge >= 0.3 is 11.9 Å². The van der Waals surface area contributed by atoms with Crippen molar-refractivity contribution in [2.45, 2.75) is 51.6 Å². The number of azo groups is 1. The van der Waals surface area contributed by atoms with E-state index in [-0.39, 0.29) is 26.1 Å². The van der Waals surface area contributed by atoms with Crippen molar-refractivity contribution < 1.29 is 19.1 Å². The van der Waals surface area contributed by atoms with Crippen molar-refractivity contribution in [2.75, 3.05) is 13.2 Å². The quantitative estimate of drug-likeness (QED) is 0.298. The number of hydrogen-bond acceptors (Lipinski definition) is 6. The highest BCUT2D eigenvalue weighted by molar-refractivity contribution is 6.23. The molecule has 0 heterocycles. The maximum Gasteiger partial charge on any atom is 0.308 e. The Bertz CT molecular complexity index is 306. The van der Waals surface area contributed by atoms with Crippen LogP contribution in [0, 0.1) is 0 Å². The van der Waals surface area contributed by atoms with Gasteiger partial charge in [-0.2, -0.15) is 10.2 Å². The molecule has 110 valence electrons. The van der Waals surface area contributed by atoms with Crippen LogP contribution in [0.3, 0.4) is 0 Å². The highest BCUT2D eigenvalue weighted by Gasteiger charge is 2.20. The first-order valence-corrected chi connectivity index (χ1v) is 6.58. The second kappa shape index (κ2) is 8.85. The van der Waals surface area contributed by atoms with Crippen molar-refractivity contribution >= 4 is 23.5 Å². The number of nitrogens with zero attached hydrogens (tertiary/aromatic N) is 2. The lowest BCUT2D eigenvalue weighted by Crippen LogP contribution is -2.20. The first-order valence-electron chi connectivity index (χ1n) is 6.20. The largest absolute Gasteiger partial charge is 0.466 e. The van der Waals surface area contributed by atoms with Gasteiger partial charge in [-0.1, -0.05) is 11.6 Å². The molecular formula is C12H21ClN2O4. The molecule has 0 aliphatic heterocycles. The summed E-state index contributed by atoms with van der Waals surface area (Å²) >= 11 is 5.88. The molecule has 0 aromatic heterocycles. The summed E-state index contributed by atoms with van der Waals surface area (Å²) in [6, 6.07) is -0.615. The third-order valence-electron chi connectivity index (χ3n) is 1.87. The highest BCUT2D eigenvalue weighted by atomic mass is 35.5. The van der Waals surface area contributed by atoms with Crippen LogP contribution in [0.1, 0.15) is 40.5 Å². The van der Waals surface area contributed by atoms with Gasteiger partial charge in [0.25, 0.3) is 0 Å². The first-order chi connectivity index (χ1) is 8.78. The van der Waals surface area contributed by atoms with Crippen LogP contribution in [0.2, 0.25) is 0 Å². The minimum Gasteiger partial charge on any atom is -0.466 e. The van der Waals surface area contributed by atoms with E-state index in [1.807, 2.05) is 0 Å². The normalized spacial score (nSPS) is 11.9. The molecule has 0 saturated carbocycles. The topological polar surface area (TPSA) is 77.3 Å². The zero-order valence-electron chi connectivity index (χ0n) is 11.8. The SMILES string of the molecule is CCOC(=O)CC(CC(=O)OCC)/N=N/C(C)(C)Cl. The maximum atomic E-state index is 11.4. The summed E-state index contributed by atoms with van der Waals surface area (Å²) in [5, 5.41) is 7.79. The smallest absolute Gasteiger partial charge is 0.308 e. The van der Waals surface area contributed by atoms with Crippen LogP contribution >= 0.6 is 11.6 Å². The van der Waals surface area contributed by atoms with Crippen LogP contribution in [0.25, 0.3) is 0 Å². The highest BCUT2D eigenvalue weighted by Crippen LogP contribution is 2.17. The number of esters is 2. The van der Waals surface area contributed by atoms with Crippen LogP contribution < -0.4 is 0 Å². The summed E-state index contributed by atoms with van der Waals surface area (Å²) in [4.78, 5) is 21.9. The summed E-state index contributed by atoms with van der Waals surface area (Å²) < 4.78 is 9.64. The summed E-state index contributed by atoms with van der Waals surface area (Å²) in [6.07, 6.45) is -0.0494. The molecule has 0 aliphatic rings. The molecule has 0 unspecified atom stereocenters. The Kier molecular flexibility index (Phi) is 8.30. The molecule has 6 nitrogen and oxygen atoms in total. The molecule has 0 fully saturated rings. The number of hydrogen-bond donors (Lipinski definition) is 0. The van der Waals surface area contributed by atoms with Crippen molar-refractivity contribution in [1.82, 2.24) is 0 Å². The van der Waals surface area contributed by atoms with Crippen molar-refractivity contribution in [3.63, 3.8) is 0 Å². The van der Waals surface area contributed by atoms with Crippen molar-refractivity contribution in [2.24, 2.45) is 10.2 Å². The summed E-state index contributed by atoms with van der Waals surface area (Å²) in [5.74, 6) is -0.855. The van der Waals surface area contributed by atoms with E-state index in [2.05, 4.69) is 10.2 Å². The van der Waals surface area contributed by atoms with Gasteiger partial charge in [-0.25, -0.2) is 0 Å². The van der Waals surface area contributed by atoms with E-state index < -0.39 is 23.0 Å². The van der Waals surface area contributed by atoms with Crippen LogP contribution in [-0.2, 0) is 19.1 Å². The predicted octanol–water partition coefficient (Wildman–Crippen LogP) is 2.69. The van der Waals surface area contributed by atoms with E-state index in [0.717, 1.165) is 0 Å². The van der Waals surface area contributed by atoms with Gasteiger partial charge in [-0.05, 0) is 27.7 Å². The zero-order chi connectivity index (χ0) is 14.9. The number of ether oxygens (including phenoxy) is 2. The number of carbonyl (C=O) groups excluding carboxylic acids is 2. The molecule has 7 heteroatoms. The molecular weight excluding hydrogens is 272 g/mol. The Hall–Kier alpha value is -1.17. The number of rotatable bonds is 8. The molecule has 0 aromatic carbocycles. The van der Waals surface area contributed by atoms with Gasteiger partial charge in [0.05, 0.1) is 32.1 Å². The standard InChI is InChI=1S/C12H21ClN2O4/c1-5-18-10(16)7-9(8-11(17)19-6-2)14-15-12(3,4)13/h9H,5-8H2,1-4H3/b15-14+. The van der Waals surface area contributed by atoms with E-state index in [0.29, 0.717) is 0 Å². The van der Waals surface area contributed by atoms with Gasteiger partial charge in [-0.15, -0.1) is 0 Å². The van der Waals surface area contributed by atoms with Crippen molar-refractivity contribution in [3.05, 3.63) is 0 Å². The average Bonchev–Trinajstić information content (AvgIpc) is 2.25. The summed E-state index contributed by atoms with van der Waals surface area (Å²) in [5.41, 5.74) is 0. The number of carbonyl (C=O) groups is 2. The molecule has 0 saturated heterocycles. The van der Waals surface area contributed by atoms with E-state index in [1.54, 1.807) is 27.7 Å². The minimum absolute atomic E-state index is 0.0247. The van der Waals surface area contributed by atoms with Crippen molar-refractivity contribution in [3.8, 4) is 0 Å². The van der Waals surface area contributed by atoms with Gasteiger partial charge in [0.2, 0.25) is 0 Å². The van der Waals surface area contributed by atoms with Gasteiger partial charge < -0.3 is 9.47 Å². The van der Waals surface area contributed by atoms with Gasteiger partial charge in [-0.3, -0.25) is 9.59 Å². The molecule has 19 heavy (non-hydrogen) atoms. The van der Waals surface area contributed by atoms with E-state index in [4.69, 9.17) is 21.1 Å². The lowest BCUT2D eigenvalue weighted by atomic mass is 10.1. The lowest BCUT2D eigenvalue weighted by Gasteiger charge is -2.13. The summed E-state index contributed by atoms with van der Waals surface area (Å²) in [7, 11) is 0. The predicted molar refractivity (Wildman–Crippen MR) is 71.1 cm³/mol. The van der Waals surface area contributed by atoms with Gasteiger partial charge in [0, 0.05) is 0 Å². The molecule has 0 N–H and O–H groups in total. The van der Waals surface area contributed by atoms with Gasteiger partial charge in [0.15, 0.2) is 0 Å².